The summed E-state index contributed by atoms with van der Waals surface area (Å²) in [7, 11) is 0. The van der Waals surface area contributed by atoms with Gasteiger partial charge >= 0.3 is 0 Å². The molecular weight excluding hydrogens is 384 g/mol. The van der Waals surface area contributed by atoms with Gasteiger partial charge in [0.25, 0.3) is 11.8 Å². The second kappa shape index (κ2) is 8.67. The number of amides is 2. The molecule has 0 saturated heterocycles. The minimum Gasteiger partial charge on any atom is -0.493 e. The van der Waals surface area contributed by atoms with E-state index >= 15 is 0 Å². The Morgan fingerprint density at radius 2 is 1.80 bits per heavy atom. The smallest absolute Gasteiger partial charge is 0.255 e. The fourth-order valence-electron chi connectivity index (χ4n) is 2.20. The molecule has 2 N–H and O–H groups in total. The minimum absolute atomic E-state index is 0.0481. The van der Waals surface area contributed by atoms with Gasteiger partial charge in [-0.25, -0.2) is 0 Å². The molecule has 0 atom stereocenters. The van der Waals surface area contributed by atoms with Gasteiger partial charge in [-0.15, -0.1) is 0 Å². The molecule has 0 aliphatic heterocycles. The van der Waals surface area contributed by atoms with Crippen LogP contribution in [-0.4, -0.2) is 24.5 Å². The van der Waals surface area contributed by atoms with Crippen LogP contribution in [-0.2, 0) is 0 Å². The Morgan fingerprint density at radius 1 is 1.08 bits per heavy atom. The van der Waals surface area contributed by atoms with E-state index in [-0.39, 0.29) is 17.9 Å². The number of nitrogens with one attached hydrogen (secondary N) is 2. The van der Waals surface area contributed by atoms with Crippen molar-refractivity contribution in [2.45, 2.75) is 26.8 Å². The Balaban J connectivity index is 2.13. The summed E-state index contributed by atoms with van der Waals surface area (Å²) in [5, 5.41) is 5.63. The Hall–Kier alpha value is -2.34. The van der Waals surface area contributed by atoms with E-state index in [1.807, 2.05) is 20.8 Å². The summed E-state index contributed by atoms with van der Waals surface area (Å²) in [6, 6.07) is 12.0. The lowest BCUT2D eigenvalue weighted by molar-refractivity contribution is 0.0941. The van der Waals surface area contributed by atoms with Crippen LogP contribution in [0.25, 0.3) is 0 Å². The molecule has 6 heteroatoms. The van der Waals surface area contributed by atoms with Crippen LogP contribution in [0.2, 0.25) is 0 Å². The number of halogens is 1. The third-order valence-corrected chi connectivity index (χ3v) is 3.92. The molecule has 0 aliphatic rings. The van der Waals surface area contributed by atoms with Crippen LogP contribution in [0, 0.1) is 0 Å². The molecule has 0 aliphatic carbocycles. The average Bonchev–Trinajstić information content (AvgIpc) is 2.56. The molecule has 0 aromatic heterocycles. The molecule has 2 rings (SSSR count). The van der Waals surface area contributed by atoms with E-state index in [0.29, 0.717) is 33.6 Å². The molecule has 0 spiro atoms. The van der Waals surface area contributed by atoms with Gasteiger partial charge in [-0.3, -0.25) is 9.59 Å². The molecule has 0 unspecified atom stereocenters. The van der Waals surface area contributed by atoms with Crippen LogP contribution in [0.1, 0.15) is 41.5 Å². The third-order valence-electron chi connectivity index (χ3n) is 3.30. The summed E-state index contributed by atoms with van der Waals surface area (Å²) in [5.74, 6) is 0.256. The molecule has 0 saturated carbocycles. The summed E-state index contributed by atoms with van der Waals surface area (Å²) in [5.41, 5.74) is 1.55. The molecule has 0 heterocycles. The molecule has 0 radical (unpaired) electrons. The highest BCUT2D eigenvalue weighted by molar-refractivity contribution is 9.10. The van der Waals surface area contributed by atoms with Gasteiger partial charge in [0.1, 0.15) is 5.75 Å². The maximum atomic E-state index is 12.4. The molecule has 132 valence electrons. The van der Waals surface area contributed by atoms with Crippen LogP contribution in [0.3, 0.4) is 0 Å². The second-order valence-corrected chi connectivity index (χ2v) is 6.60. The standard InChI is InChI=1S/C19H21BrN2O3/c1-4-25-17-9-8-14(11-16(17)20)19(24)22-15-7-5-6-13(10-15)18(23)21-12(2)3/h5-12H,4H2,1-3H3,(H,21,23)(H,22,24). The summed E-state index contributed by atoms with van der Waals surface area (Å²) < 4.78 is 6.16. The highest BCUT2D eigenvalue weighted by atomic mass is 79.9. The number of ether oxygens (including phenoxy) is 1. The van der Waals surface area contributed by atoms with Crippen LogP contribution >= 0.6 is 15.9 Å². The van der Waals surface area contributed by atoms with Gasteiger partial charge in [0.2, 0.25) is 0 Å². The number of benzene rings is 2. The summed E-state index contributed by atoms with van der Waals surface area (Å²) in [6.07, 6.45) is 0. The summed E-state index contributed by atoms with van der Waals surface area (Å²) >= 11 is 3.40. The van der Waals surface area contributed by atoms with Gasteiger partial charge in [0.15, 0.2) is 0 Å². The highest BCUT2D eigenvalue weighted by Crippen LogP contribution is 2.26. The van der Waals surface area contributed by atoms with E-state index in [0.717, 1.165) is 0 Å². The van der Waals surface area contributed by atoms with Crippen molar-refractivity contribution in [2.75, 3.05) is 11.9 Å². The number of hydrogen-bond donors (Lipinski definition) is 2. The van der Waals surface area contributed by atoms with Crippen molar-refractivity contribution in [3.05, 3.63) is 58.1 Å². The number of hydrogen-bond acceptors (Lipinski definition) is 3. The Bertz CT molecular complexity index is 775. The predicted molar refractivity (Wildman–Crippen MR) is 102 cm³/mol. The molecule has 5 nitrogen and oxygen atoms in total. The quantitative estimate of drug-likeness (QED) is 0.756. The summed E-state index contributed by atoms with van der Waals surface area (Å²) in [4.78, 5) is 24.5. The predicted octanol–water partition coefficient (Wildman–Crippen LogP) is 4.24. The first-order valence-electron chi connectivity index (χ1n) is 8.05. The number of rotatable bonds is 6. The van der Waals surface area contributed by atoms with E-state index in [1.165, 1.54) is 0 Å². The third kappa shape index (κ3) is 5.32. The lowest BCUT2D eigenvalue weighted by Crippen LogP contribution is -2.30. The molecular formula is C19H21BrN2O3. The van der Waals surface area contributed by atoms with Crippen molar-refractivity contribution in [1.29, 1.82) is 0 Å². The molecule has 25 heavy (non-hydrogen) atoms. The zero-order chi connectivity index (χ0) is 18.4. The van der Waals surface area contributed by atoms with Crippen LogP contribution < -0.4 is 15.4 Å². The van der Waals surface area contributed by atoms with E-state index < -0.39 is 0 Å². The average molecular weight is 405 g/mol. The molecule has 2 aromatic rings. The zero-order valence-electron chi connectivity index (χ0n) is 14.4. The van der Waals surface area contributed by atoms with Crippen molar-refractivity contribution in [2.24, 2.45) is 0 Å². The molecule has 2 aromatic carbocycles. The van der Waals surface area contributed by atoms with Crippen molar-refractivity contribution in [3.63, 3.8) is 0 Å². The van der Waals surface area contributed by atoms with Gasteiger partial charge in [-0.1, -0.05) is 6.07 Å². The van der Waals surface area contributed by atoms with Gasteiger partial charge in [0.05, 0.1) is 11.1 Å². The summed E-state index contributed by atoms with van der Waals surface area (Å²) in [6.45, 7) is 6.24. The zero-order valence-corrected chi connectivity index (χ0v) is 16.0. The van der Waals surface area contributed by atoms with E-state index in [4.69, 9.17) is 4.74 Å². The van der Waals surface area contributed by atoms with Gasteiger partial charge in [0, 0.05) is 22.9 Å². The van der Waals surface area contributed by atoms with Crippen molar-refractivity contribution < 1.29 is 14.3 Å². The van der Waals surface area contributed by atoms with E-state index in [9.17, 15) is 9.59 Å². The van der Waals surface area contributed by atoms with Gasteiger partial charge in [-0.2, -0.15) is 0 Å². The SMILES string of the molecule is CCOc1ccc(C(=O)Nc2cccc(C(=O)NC(C)C)c2)cc1Br. The van der Waals surface area contributed by atoms with Crippen LogP contribution in [0.4, 0.5) is 5.69 Å². The molecule has 2 amide bonds. The molecule has 0 fully saturated rings. The van der Waals surface area contributed by atoms with Crippen molar-refractivity contribution >= 4 is 33.4 Å². The fourth-order valence-corrected chi connectivity index (χ4v) is 2.69. The number of anilines is 1. The highest BCUT2D eigenvalue weighted by Gasteiger charge is 2.12. The minimum atomic E-state index is -0.259. The maximum absolute atomic E-state index is 12.4. The maximum Gasteiger partial charge on any atom is 0.255 e. The van der Waals surface area contributed by atoms with Crippen molar-refractivity contribution in [1.82, 2.24) is 5.32 Å². The normalized spacial score (nSPS) is 10.4. The lowest BCUT2D eigenvalue weighted by Gasteiger charge is -2.11. The monoisotopic (exact) mass is 404 g/mol. The van der Waals surface area contributed by atoms with Gasteiger partial charge < -0.3 is 15.4 Å². The van der Waals surface area contributed by atoms with Crippen molar-refractivity contribution in [3.8, 4) is 5.75 Å². The van der Waals surface area contributed by atoms with Gasteiger partial charge in [-0.05, 0) is 73.1 Å². The topological polar surface area (TPSA) is 67.4 Å². The first kappa shape index (κ1) is 19.0. The second-order valence-electron chi connectivity index (χ2n) is 5.74. The molecule has 0 bridgehead atoms. The largest absolute Gasteiger partial charge is 0.493 e. The first-order chi connectivity index (χ1) is 11.9. The van der Waals surface area contributed by atoms with Crippen LogP contribution in [0.15, 0.2) is 46.9 Å². The first-order valence-corrected chi connectivity index (χ1v) is 8.84. The lowest BCUT2D eigenvalue weighted by atomic mass is 10.1. The number of carbonyl (C=O) groups excluding carboxylic acids is 2. The Morgan fingerprint density at radius 3 is 2.44 bits per heavy atom. The van der Waals surface area contributed by atoms with Crippen LogP contribution in [0.5, 0.6) is 5.75 Å². The van der Waals surface area contributed by atoms with E-state index in [1.54, 1.807) is 42.5 Å². The van der Waals surface area contributed by atoms with E-state index in [2.05, 4.69) is 26.6 Å². The Labute approximate surface area is 155 Å². The Kier molecular flexibility index (Phi) is 6.58. The fraction of sp³-hybridized carbons (Fsp3) is 0.263. The number of carbonyl (C=O) groups is 2.